The van der Waals surface area contributed by atoms with Crippen LogP contribution in [0.5, 0.6) is 0 Å². The van der Waals surface area contributed by atoms with Crippen LogP contribution in [-0.2, 0) is 14.8 Å². The van der Waals surface area contributed by atoms with Crippen molar-refractivity contribution >= 4 is 38.3 Å². The maximum atomic E-state index is 13.3. The Hall–Kier alpha value is -3.23. The number of nitrogens with one attached hydrogen (secondary N) is 2. The normalized spacial score (nSPS) is 14.7. The summed E-state index contributed by atoms with van der Waals surface area (Å²) >= 11 is 0. The molecule has 0 aromatic heterocycles. The summed E-state index contributed by atoms with van der Waals surface area (Å²) in [4.78, 5) is 27.0. The zero-order chi connectivity index (χ0) is 25.7. The van der Waals surface area contributed by atoms with Gasteiger partial charge in [-0.05, 0) is 55.9 Å². The number of anilines is 1. The van der Waals surface area contributed by atoms with Gasteiger partial charge >= 0.3 is 0 Å². The number of nitrogens with zero attached hydrogens (tertiary/aromatic N) is 1. The Balaban J connectivity index is 1.48. The van der Waals surface area contributed by atoms with Gasteiger partial charge in [-0.1, -0.05) is 49.4 Å². The van der Waals surface area contributed by atoms with Crippen LogP contribution in [0, 0.1) is 12.8 Å². The number of sulfonamides is 1. The molecule has 2 N–H and O–H groups in total. The second-order valence-corrected chi connectivity index (χ2v) is 11.1. The molecule has 0 spiro atoms. The van der Waals surface area contributed by atoms with Crippen LogP contribution < -0.4 is 10.0 Å². The van der Waals surface area contributed by atoms with Crippen LogP contribution in [0.15, 0.2) is 65.6 Å². The fraction of sp³-hybridized carbons (Fsp3) is 0.357. The molecule has 0 atom stereocenters. The summed E-state index contributed by atoms with van der Waals surface area (Å²) in [7, 11) is -3.77. The Morgan fingerprint density at radius 3 is 2.31 bits per heavy atom. The molecule has 4 rings (SSSR count). The quantitative estimate of drug-likeness (QED) is 0.461. The van der Waals surface area contributed by atoms with Crippen molar-refractivity contribution in [1.29, 1.82) is 0 Å². The number of carbonyl (C=O) groups is 2. The molecule has 1 saturated heterocycles. The topological polar surface area (TPSA) is 95.6 Å². The van der Waals surface area contributed by atoms with Crippen molar-refractivity contribution in [3.63, 3.8) is 0 Å². The molecule has 1 aliphatic heterocycles. The van der Waals surface area contributed by atoms with E-state index in [0.717, 1.165) is 24.8 Å². The van der Waals surface area contributed by atoms with Gasteiger partial charge in [0.15, 0.2) is 0 Å². The maximum Gasteiger partial charge on any atom is 0.255 e. The van der Waals surface area contributed by atoms with Crippen LogP contribution in [0.25, 0.3) is 10.8 Å². The number of hydrogen-bond acceptors (Lipinski definition) is 4. The van der Waals surface area contributed by atoms with Gasteiger partial charge in [0.05, 0.1) is 4.90 Å². The number of rotatable bonds is 8. The Bertz CT molecular complexity index is 1360. The van der Waals surface area contributed by atoms with Crippen molar-refractivity contribution in [3.8, 4) is 0 Å². The van der Waals surface area contributed by atoms with Gasteiger partial charge in [0, 0.05) is 48.1 Å². The lowest BCUT2D eigenvalue weighted by molar-refractivity contribution is -0.132. The molecule has 0 aliphatic carbocycles. The molecule has 1 fully saturated rings. The van der Waals surface area contributed by atoms with Gasteiger partial charge in [0.1, 0.15) is 0 Å². The molecular formula is C28H33N3O4S. The van der Waals surface area contributed by atoms with Crippen molar-refractivity contribution in [2.24, 2.45) is 5.92 Å². The van der Waals surface area contributed by atoms with E-state index in [1.54, 1.807) is 30.3 Å². The molecule has 0 saturated carbocycles. The number of benzene rings is 3. The Labute approximate surface area is 212 Å². The average molecular weight is 508 g/mol. The molecule has 3 aromatic rings. The van der Waals surface area contributed by atoms with Crippen LogP contribution in [0.4, 0.5) is 5.69 Å². The van der Waals surface area contributed by atoms with Crippen LogP contribution in [0.2, 0.25) is 0 Å². The smallest absolute Gasteiger partial charge is 0.255 e. The predicted molar refractivity (Wildman–Crippen MR) is 142 cm³/mol. The third-order valence-corrected chi connectivity index (χ3v) is 8.29. The molecule has 1 aliphatic rings. The minimum Gasteiger partial charge on any atom is -0.343 e. The van der Waals surface area contributed by atoms with Gasteiger partial charge in [0.25, 0.3) is 5.91 Å². The lowest BCUT2D eigenvalue weighted by Gasteiger charge is -2.32. The van der Waals surface area contributed by atoms with Crippen LogP contribution in [0.3, 0.4) is 0 Å². The zero-order valence-electron chi connectivity index (χ0n) is 20.8. The molecule has 0 unspecified atom stereocenters. The molecule has 2 amide bonds. The summed E-state index contributed by atoms with van der Waals surface area (Å²) in [5.41, 5.74) is 1.99. The predicted octanol–water partition coefficient (Wildman–Crippen LogP) is 4.72. The van der Waals surface area contributed by atoms with Crippen molar-refractivity contribution in [3.05, 3.63) is 71.8 Å². The number of fused-ring (bicyclic) bond motifs is 1. The molecule has 8 heteroatoms. The van der Waals surface area contributed by atoms with E-state index in [9.17, 15) is 18.0 Å². The van der Waals surface area contributed by atoms with E-state index < -0.39 is 10.0 Å². The van der Waals surface area contributed by atoms with E-state index in [2.05, 4.69) is 10.0 Å². The fourth-order valence-electron chi connectivity index (χ4n) is 4.70. The number of aryl methyl sites for hydroxylation is 1. The summed E-state index contributed by atoms with van der Waals surface area (Å²) < 4.78 is 29.3. The van der Waals surface area contributed by atoms with Crippen molar-refractivity contribution in [2.45, 2.75) is 44.4 Å². The molecule has 36 heavy (non-hydrogen) atoms. The molecule has 0 radical (unpaired) electrons. The van der Waals surface area contributed by atoms with Crippen molar-refractivity contribution < 1.29 is 18.0 Å². The van der Waals surface area contributed by atoms with Gasteiger partial charge in [-0.2, -0.15) is 0 Å². The van der Waals surface area contributed by atoms with Crippen LogP contribution in [-0.4, -0.2) is 44.8 Å². The first-order chi connectivity index (χ1) is 17.3. The maximum absolute atomic E-state index is 13.3. The highest BCUT2D eigenvalue weighted by atomic mass is 32.2. The Kier molecular flexibility index (Phi) is 8.06. The third kappa shape index (κ3) is 5.77. The standard InChI is InChI=1S/C28H33N3O4S/c1-3-8-27(32)31-17-15-21(16-18-31)19-29-36(34,35)26-14-13-25(23-11-6-7-12-24(23)26)30-28(33)22-10-5-4-9-20(22)2/h4-7,9-14,21,29H,3,8,15-19H2,1-2H3,(H,30,33). The van der Waals surface area contributed by atoms with Crippen LogP contribution >= 0.6 is 0 Å². The number of piperidine rings is 1. The third-order valence-electron chi connectivity index (χ3n) is 6.80. The SMILES string of the molecule is CCCC(=O)N1CCC(CNS(=O)(=O)c2ccc(NC(=O)c3ccccc3C)c3ccccc23)CC1. The number of hydrogen-bond donors (Lipinski definition) is 2. The monoisotopic (exact) mass is 507 g/mol. The highest BCUT2D eigenvalue weighted by Crippen LogP contribution is 2.30. The summed E-state index contributed by atoms with van der Waals surface area (Å²) in [5.74, 6) is 0.123. The molecule has 190 valence electrons. The summed E-state index contributed by atoms with van der Waals surface area (Å²) in [6, 6.07) is 17.7. The first kappa shape index (κ1) is 25.9. The van der Waals surface area contributed by atoms with E-state index in [1.165, 1.54) is 0 Å². The van der Waals surface area contributed by atoms with Crippen molar-refractivity contribution in [1.82, 2.24) is 9.62 Å². The number of likely N-dealkylation sites (tertiary alicyclic amines) is 1. The highest BCUT2D eigenvalue weighted by Gasteiger charge is 2.25. The lowest BCUT2D eigenvalue weighted by atomic mass is 9.97. The highest BCUT2D eigenvalue weighted by molar-refractivity contribution is 7.89. The largest absolute Gasteiger partial charge is 0.343 e. The van der Waals surface area contributed by atoms with Crippen LogP contribution in [0.1, 0.15) is 48.5 Å². The number of amides is 2. The average Bonchev–Trinajstić information content (AvgIpc) is 2.88. The molecule has 1 heterocycles. The zero-order valence-corrected chi connectivity index (χ0v) is 21.6. The van der Waals surface area contributed by atoms with E-state index in [4.69, 9.17) is 0 Å². The van der Waals surface area contributed by atoms with E-state index >= 15 is 0 Å². The van der Waals surface area contributed by atoms with E-state index in [1.807, 2.05) is 49.1 Å². The first-order valence-electron chi connectivity index (χ1n) is 12.5. The molecular weight excluding hydrogens is 474 g/mol. The fourth-order valence-corrected chi connectivity index (χ4v) is 6.02. The lowest BCUT2D eigenvalue weighted by Crippen LogP contribution is -2.41. The minimum atomic E-state index is -3.77. The van der Waals surface area contributed by atoms with E-state index in [0.29, 0.717) is 48.1 Å². The second kappa shape index (κ2) is 11.2. The van der Waals surface area contributed by atoms with E-state index in [-0.39, 0.29) is 22.6 Å². The minimum absolute atomic E-state index is 0.178. The van der Waals surface area contributed by atoms with Gasteiger partial charge in [-0.3, -0.25) is 9.59 Å². The Morgan fingerprint density at radius 1 is 0.944 bits per heavy atom. The first-order valence-corrected chi connectivity index (χ1v) is 13.9. The molecule has 0 bridgehead atoms. The summed E-state index contributed by atoms with van der Waals surface area (Å²) in [6.45, 7) is 5.54. The second-order valence-electron chi connectivity index (χ2n) is 9.35. The number of carbonyl (C=O) groups excluding carboxylic acids is 2. The summed E-state index contributed by atoms with van der Waals surface area (Å²) in [6.07, 6.45) is 2.96. The van der Waals surface area contributed by atoms with Gasteiger partial charge in [-0.15, -0.1) is 0 Å². The molecule has 3 aromatic carbocycles. The van der Waals surface area contributed by atoms with Gasteiger partial charge < -0.3 is 10.2 Å². The summed E-state index contributed by atoms with van der Waals surface area (Å²) in [5, 5.41) is 4.15. The van der Waals surface area contributed by atoms with Gasteiger partial charge in [0.2, 0.25) is 15.9 Å². The van der Waals surface area contributed by atoms with Gasteiger partial charge in [-0.25, -0.2) is 13.1 Å². The molecule has 7 nitrogen and oxygen atoms in total. The Morgan fingerprint density at radius 2 is 1.61 bits per heavy atom. The van der Waals surface area contributed by atoms with Crippen molar-refractivity contribution in [2.75, 3.05) is 25.0 Å².